The third kappa shape index (κ3) is 4.87. The van der Waals surface area contributed by atoms with Crippen LogP contribution < -0.4 is 15.1 Å². The maximum absolute atomic E-state index is 12.9. The van der Waals surface area contributed by atoms with Crippen molar-refractivity contribution in [3.63, 3.8) is 0 Å². The first-order valence-corrected chi connectivity index (χ1v) is 12.4. The summed E-state index contributed by atoms with van der Waals surface area (Å²) in [5.41, 5.74) is 7.61. The number of rotatable bonds is 4. The largest absolute Gasteiger partial charge is 0.378 e. The van der Waals surface area contributed by atoms with Crippen LogP contribution >= 0.6 is 0 Å². The second kappa shape index (κ2) is 9.74. The van der Waals surface area contributed by atoms with Gasteiger partial charge in [-0.1, -0.05) is 6.07 Å². The van der Waals surface area contributed by atoms with Crippen LogP contribution in [0.15, 0.2) is 36.4 Å². The zero-order chi connectivity index (χ0) is 22.8. The number of anilines is 2. The van der Waals surface area contributed by atoms with E-state index in [0.717, 1.165) is 83.0 Å². The fourth-order valence-electron chi connectivity index (χ4n) is 5.45. The highest BCUT2D eigenvalue weighted by molar-refractivity contribution is 5.94. The minimum absolute atomic E-state index is 0.0303. The van der Waals surface area contributed by atoms with Gasteiger partial charge in [-0.25, -0.2) is 0 Å². The Labute approximate surface area is 197 Å². The van der Waals surface area contributed by atoms with E-state index in [0.29, 0.717) is 0 Å². The number of amides is 1. The average molecular weight is 449 g/mol. The molecule has 1 atom stereocenters. The molecule has 2 aliphatic heterocycles. The van der Waals surface area contributed by atoms with Gasteiger partial charge in [-0.15, -0.1) is 0 Å². The Morgan fingerprint density at radius 3 is 2.39 bits per heavy atom. The molecule has 6 heteroatoms. The topological polar surface area (TPSA) is 48.0 Å². The second-order valence-corrected chi connectivity index (χ2v) is 9.70. The quantitative estimate of drug-likeness (QED) is 0.780. The van der Waals surface area contributed by atoms with Gasteiger partial charge >= 0.3 is 0 Å². The van der Waals surface area contributed by atoms with Crippen molar-refractivity contribution in [1.82, 2.24) is 10.2 Å². The summed E-state index contributed by atoms with van der Waals surface area (Å²) in [6.45, 7) is 10.1. The van der Waals surface area contributed by atoms with Crippen molar-refractivity contribution in [3.8, 4) is 0 Å². The van der Waals surface area contributed by atoms with E-state index in [4.69, 9.17) is 4.74 Å². The number of likely N-dealkylation sites (N-methyl/N-ethyl adjacent to an activating group) is 1. The molecule has 0 aromatic heterocycles. The number of piperazine rings is 1. The molecule has 0 saturated carbocycles. The van der Waals surface area contributed by atoms with E-state index < -0.39 is 0 Å². The van der Waals surface area contributed by atoms with Gasteiger partial charge in [-0.3, -0.25) is 4.79 Å². The number of ether oxygens (including phenoxy) is 1. The smallest absolute Gasteiger partial charge is 0.251 e. The number of carbonyl (C=O) groups is 1. The second-order valence-electron chi connectivity index (χ2n) is 9.70. The van der Waals surface area contributed by atoms with Crippen molar-refractivity contribution in [1.29, 1.82) is 0 Å². The lowest BCUT2D eigenvalue weighted by Gasteiger charge is -2.36. The highest BCUT2D eigenvalue weighted by Crippen LogP contribution is 2.32. The maximum Gasteiger partial charge on any atom is 0.251 e. The molecule has 0 unspecified atom stereocenters. The first kappa shape index (κ1) is 22.2. The summed E-state index contributed by atoms with van der Waals surface area (Å²) in [5.74, 6) is 0.0303. The fourth-order valence-corrected chi connectivity index (χ4v) is 5.45. The Hall–Kier alpha value is -2.57. The predicted octanol–water partition coefficient (Wildman–Crippen LogP) is 2.87. The van der Waals surface area contributed by atoms with Gasteiger partial charge in [-0.2, -0.15) is 0 Å². The lowest BCUT2D eigenvalue weighted by atomic mass is 9.84. The first-order chi connectivity index (χ1) is 16.1. The molecule has 1 amide bonds. The van der Waals surface area contributed by atoms with Crippen LogP contribution in [-0.2, 0) is 17.6 Å². The molecule has 1 aliphatic carbocycles. The third-order valence-electron chi connectivity index (χ3n) is 7.56. The van der Waals surface area contributed by atoms with E-state index in [1.54, 1.807) is 0 Å². The van der Waals surface area contributed by atoms with E-state index in [1.807, 2.05) is 12.1 Å². The van der Waals surface area contributed by atoms with Crippen LogP contribution in [0.2, 0.25) is 0 Å². The number of nitrogens with zero attached hydrogens (tertiary/aromatic N) is 3. The van der Waals surface area contributed by atoms with E-state index in [2.05, 4.69) is 58.3 Å². The zero-order valence-corrected chi connectivity index (χ0v) is 20.0. The molecular weight excluding hydrogens is 412 g/mol. The van der Waals surface area contributed by atoms with E-state index in [9.17, 15) is 4.79 Å². The van der Waals surface area contributed by atoms with Crippen LogP contribution in [0.1, 0.15) is 33.5 Å². The molecule has 1 N–H and O–H groups in total. The van der Waals surface area contributed by atoms with Crippen LogP contribution in [0.25, 0.3) is 0 Å². The van der Waals surface area contributed by atoms with Crippen LogP contribution in [0.5, 0.6) is 0 Å². The van der Waals surface area contributed by atoms with Crippen molar-refractivity contribution in [3.05, 3.63) is 58.7 Å². The summed E-state index contributed by atoms with van der Waals surface area (Å²) >= 11 is 0. The summed E-state index contributed by atoms with van der Waals surface area (Å²) in [6.07, 6.45) is 2.94. The predicted molar refractivity (Wildman–Crippen MR) is 134 cm³/mol. The highest BCUT2D eigenvalue weighted by atomic mass is 16.5. The summed E-state index contributed by atoms with van der Waals surface area (Å²) in [5, 5.41) is 3.29. The zero-order valence-electron chi connectivity index (χ0n) is 20.0. The summed E-state index contributed by atoms with van der Waals surface area (Å²) in [7, 11) is 2.20. The molecule has 2 saturated heterocycles. The molecule has 2 aromatic carbocycles. The number of nitrogens with one attached hydrogen (secondary N) is 1. The minimum atomic E-state index is 0.0303. The van der Waals surface area contributed by atoms with Crippen molar-refractivity contribution in [2.45, 2.75) is 32.2 Å². The average Bonchev–Trinajstić information content (AvgIpc) is 2.85. The molecule has 2 heterocycles. The minimum Gasteiger partial charge on any atom is -0.378 e. The van der Waals surface area contributed by atoms with Crippen molar-refractivity contribution < 1.29 is 9.53 Å². The number of fused-ring (bicyclic) bond motifs is 1. The summed E-state index contributed by atoms with van der Waals surface area (Å²) in [4.78, 5) is 20.1. The van der Waals surface area contributed by atoms with Gasteiger partial charge in [0, 0.05) is 62.2 Å². The Kier molecular flexibility index (Phi) is 6.56. The van der Waals surface area contributed by atoms with E-state index in [1.165, 1.54) is 22.4 Å². The molecule has 5 rings (SSSR count). The molecule has 176 valence electrons. The SMILES string of the molecule is Cc1c(N2CCN(C)CC2)ccc2c1CC[C@@H](NC(=O)c1ccc(N3CCOCC3)cc1)C2. The normalized spacial score (nSPS) is 21.6. The van der Waals surface area contributed by atoms with E-state index >= 15 is 0 Å². The van der Waals surface area contributed by atoms with Crippen molar-refractivity contribution >= 4 is 17.3 Å². The Balaban J connectivity index is 1.21. The molecule has 0 bridgehead atoms. The van der Waals surface area contributed by atoms with Gasteiger partial charge in [0.05, 0.1) is 13.2 Å². The van der Waals surface area contributed by atoms with Crippen LogP contribution in [0, 0.1) is 6.92 Å². The summed E-state index contributed by atoms with van der Waals surface area (Å²) in [6, 6.07) is 12.8. The number of morpholine rings is 1. The lowest BCUT2D eigenvalue weighted by molar-refractivity contribution is 0.0933. The number of hydrogen-bond donors (Lipinski definition) is 1. The lowest BCUT2D eigenvalue weighted by Crippen LogP contribution is -2.45. The molecule has 2 aromatic rings. The van der Waals surface area contributed by atoms with Gasteiger partial charge in [0.2, 0.25) is 0 Å². The Morgan fingerprint density at radius 2 is 1.67 bits per heavy atom. The first-order valence-electron chi connectivity index (χ1n) is 12.4. The van der Waals surface area contributed by atoms with Crippen molar-refractivity contribution in [2.24, 2.45) is 0 Å². The monoisotopic (exact) mass is 448 g/mol. The molecular formula is C27H36N4O2. The summed E-state index contributed by atoms with van der Waals surface area (Å²) < 4.78 is 5.43. The molecule has 33 heavy (non-hydrogen) atoms. The number of benzene rings is 2. The highest BCUT2D eigenvalue weighted by Gasteiger charge is 2.25. The van der Waals surface area contributed by atoms with Crippen LogP contribution in [0.4, 0.5) is 11.4 Å². The van der Waals surface area contributed by atoms with Gasteiger partial charge < -0.3 is 24.8 Å². The molecule has 0 radical (unpaired) electrons. The molecule has 3 aliphatic rings. The van der Waals surface area contributed by atoms with Gasteiger partial charge in [0.15, 0.2) is 0 Å². The maximum atomic E-state index is 12.9. The Bertz CT molecular complexity index is 976. The number of carbonyl (C=O) groups excluding carboxylic acids is 1. The molecule has 2 fully saturated rings. The van der Waals surface area contributed by atoms with Crippen LogP contribution in [0.3, 0.4) is 0 Å². The standard InChI is InChI=1S/C27H36N4O2/c1-20-25-9-6-23(19-22(25)5-10-26(20)31-13-11-29(2)12-14-31)28-27(32)21-3-7-24(8-4-21)30-15-17-33-18-16-30/h3-5,7-8,10,23H,6,9,11-19H2,1-2H3,(H,28,32)/t23-/m1/s1. The van der Waals surface area contributed by atoms with Gasteiger partial charge in [0.1, 0.15) is 0 Å². The van der Waals surface area contributed by atoms with E-state index in [-0.39, 0.29) is 11.9 Å². The van der Waals surface area contributed by atoms with Gasteiger partial charge in [-0.05, 0) is 80.3 Å². The molecule has 0 spiro atoms. The fraction of sp³-hybridized carbons (Fsp3) is 0.519. The van der Waals surface area contributed by atoms with Crippen LogP contribution in [-0.4, -0.2) is 76.4 Å². The third-order valence-corrected chi connectivity index (χ3v) is 7.56. The molecule has 6 nitrogen and oxygen atoms in total. The Morgan fingerprint density at radius 1 is 0.939 bits per heavy atom. The van der Waals surface area contributed by atoms with Gasteiger partial charge in [0.25, 0.3) is 5.91 Å². The number of hydrogen-bond acceptors (Lipinski definition) is 5. The van der Waals surface area contributed by atoms with Crippen molar-refractivity contribution in [2.75, 3.05) is 69.3 Å².